The second-order valence-corrected chi connectivity index (χ2v) is 2.31. The standard InChI is InChI=1S/C7H12O3/c1-6-4-9-7(2-3-8)10-5-6/h7-8H,1-5H2. The molecule has 3 nitrogen and oxygen atoms in total. The Bertz CT molecular complexity index is 112. The molecule has 1 aliphatic rings. The van der Waals surface area contributed by atoms with Crippen LogP contribution in [0.5, 0.6) is 0 Å². The summed E-state index contributed by atoms with van der Waals surface area (Å²) >= 11 is 0. The normalized spacial score (nSPS) is 21.5. The van der Waals surface area contributed by atoms with Gasteiger partial charge in [-0.25, -0.2) is 0 Å². The Morgan fingerprint density at radius 3 is 2.60 bits per heavy atom. The molecule has 0 atom stereocenters. The zero-order chi connectivity index (χ0) is 7.40. The van der Waals surface area contributed by atoms with E-state index >= 15 is 0 Å². The molecule has 1 rings (SSSR count). The Morgan fingerprint density at radius 1 is 1.50 bits per heavy atom. The van der Waals surface area contributed by atoms with E-state index in [1.54, 1.807) is 0 Å². The third-order valence-corrected chi connectivity index (χ3v) is 1.31. The maximum Gasteiger partial charge on any atom is 0.160 e. The van der Waals surface area contributed by atoms with Crippen LogP contribution in [0.3, 0.4) is 0 Å². The highest BCUT2D eigenvalue weighted by molar-refractivity contribution is 4.96. The Labute approximate surface area is 60.3 Å². The van der Waals surface area contributed by atoms with Crippen LogP contribution >= 0.6 is 0 Å². The van der Waals surface area contributed by atoms with Crippen molar-refractivity contribution in [3.05, 3.63) is 12.2 Å². The molecule has 1 fully saturated rings. The van der Waals surface area contributed by atoms with E-state index in [4.69, 9.17) is 14.6 Å². The molecule has 3 heteroatoms. The SMILES string of the molecule is C=C1COC(CCO)OC1. The summed E-state index contributed by atoms with van der Waals surface area (Å²) in [6, 6.07) is 0. The Balaban J connectivity index is 2.19. The van der Waals surface area contributed by atoms with Gasteiger partial charge in [-0.05, 0) is 5.57 Å². The molecule has 0 unspecified atom stereocenters. The minimum atomic E-state index is -0.226. The molecule has 0 amide bonds. The van der Waals surface area contributed by atoms with Gasteiger partial charge in [0.25, 0.3) is 0 Å². The van der Waals surface area contributed by atoms with Crippen molar-refractivity contribution < 1.29 is 14.6 Å². The number of hydrogen-bond acceptors (Lipinski definition) is 3. The predicted molar refractivity (Wildman–Crippen MR) is 36.5 cm³/mol. The van der Waals surface area contributed by atoms with E-state index in [9.17, 15) is 0 Å². The summed E-state index contributed by atoms with van der Waals surface area (Å²) in [6.45, 7) is 4.92. The number of ether oxygens (including phenoxy) is 2. The summed E-state index contributed by atoms with van der Waals surface area (Å²) in [5, 5.41) is 8.50. The Morgan fingerprint density at radius 2 is 2.10 bits per heavy atom. The molecular formula is C7H12O3. The van der Waals surface area contributed by atoms with Crippen molar-refractivity contribution in [1.82, 2.24) is 0 Å². The molecule has 1 heterocycles. The summed E-state index contributed by atoms with van der Waals surface area (Å²) < 4.78 is 10.3. The zero-order valence-electron chi connectivity index (χ0n) is 5.88. The van der Waals surface area contributed by atoms with E-state index in [-0.39, 0.29) is 12.9 Å². The highest BCUT2D eigenvalue weighted by Gasteiger charge is 2.14. The van der Waals surface area contributed by atoms with Crippen molar-refractivity contribution in [2.75, 3.05) is 19.8 Å². The molecular weight excluding hydrogens is 132 g/mol. The second kappa shape index (κ2) is 3.71. The van der Waals surface area contributed by atoms with Gasteiger partial charge in [0.05, 0.1) is 13.2 Å². The van der Waals surface area contributed by atoms with Gasteiger partial charge in [0.15, 0.2) is 6.29 Å². The second-order valence-electron chi connectivity index (χ2n) is 2.31. The summed E-state index contributed by atoms with van der Waals surface area (Å²) in [7, 11) is 0. The van der Waals surface area contributed by atoms with E-state index in [1.165, 1.54) is 0 Å². The maximum absolute atomic E-state index is 8.50. The van der Waals surface area contributed by atoms with Crippen molar-refractivity contribution in [3.8, 4) is 0 Å². The molecule has 0 aromatic carbocycles. The Hall–Kier alpha value is -0.380. The monoisotopic (exact) mass is 144 g/mol. The lowest BCUT2D eigenvalue weighted by molar-refractivity contribution is -0.163. The lowest BCUT2D eigenvalue weighted by Crippen LogP contribution is -2.27. The number of hydrogen-bond donors (Lipinski definition) is 1. The van der Waals surface area contributed by atoms with Gasteiger partial charge in [0.2, 0.25) is 0 Å². The van der Waals surface area contributed by atoms with Crippen molar-refractivity contribution >= 4 is 0 Å². The first kappa shape index (κ1) is 7.72. The summed E-state index contributed by atoms with van der Waals surface area (Å²) in [6.07, 6.45) is 0.322. The fourth-order valence-electron chi connectivity index (χ4n) is 0.783. The third kappa shape index (κ3) is 2.10. The number of aliphatic hydroxyl groups excluding tert-OH is 1. The fraction of sp³-hybridized carbons (Fsp3) is 0.714. The molecule has 0 saturated carbocycles. The van der Waals surface area contributed by atoms with Gasteiger partial charge in [-0.15, -0.1) is 0 Å². The lowest BCUT2D eigenvalue weighted by Gasteiger charge is -2.23. The van der Waals surface area contributed by atoms with Crippen LogP contribution < -0.4 is 0 Å². The molecule has 0 aliphatic carbocycles. The first-order valence-electron chi connectivity index (χ1n) is 3.33. The summed E-state index contributed by atoms with van der Waals surface area (Å²) in [5.74, 6) is 0. The van der Waals surface area contributed by atoms with Crippen LogP contribution in [-0.2, 0) is 9.47 Å². The van der Waals surface area contributed by atoms with Crippen molar-refractivity contribution in [2.45, 2.75) is 12.7 Å². The highest BCUT2D eigenvalue weighted by atomic mass is 16.7. The summed E-state index contributed by atoms with van der Waals surface area (Å²) in [5.41, 5.74) is 0.953. The van der Waals surface area contributed by atoms with Crippen LogP contribution in [-0.4, -0.2) is 31.2 Å². The van der Waals surface area contributed by atoms with Crippen molar-refractivity contribution in [1.29, 1.82) is 0 Å². The molecule has 58 valence electrons. The van der Waals surface area contributed by atoms with Crippen LogP contribution in [0.2, 0.25) is 0 Å². The first-order chi connectivity index (χ1) is 4.83. The molecule has 0 bridgehead atoms. The molecule has 0 spiro atoms. The van der Waals surface area contributed by atoms with Gasteiger partial charge in [-0.3, -0.25) is 0 Å². The molecule has 1 aliphatic heterocycles. The molecule has 0 aromatic heterocycles. The van der Waals surface area contributed by atoms with Crippen LogP contribution in [0.25, 0.3) is 0 Å². The largest absolute Gasteiger partial charge is 0.396 e. The van der Waals surface area contributed by atoms with Gasteiger partial charge in [-0.1, -0.05) is 6.58 Å². The van der Waals surface area contributed by atoms with E-state index < -0.39 is 0 Å². The van der Waals surface area contributed by atoms with Crippen LogP contribution in [0.4, 0.5) is 0 Å². The molecule has 1 N–H and O–H groups in total. The van der Waals surface area contributed by atoms with Gasteiger partial charge in [0, 0.05) is 13.0 Å². The van der Waals surface area contributed by atoms with Gasteiger partial charge in [-0.2, -0.15) is 0 Å². The molecule has 1 saturated heterocycles. The van der Waals surface area contributed by atoms with Crippen molar-refractivity contribution in [3.63, 3.8) is 0 Å². The number of rotatable bonds is 2. The number of aliphatic hydroxyl groups is 1. The van der Waals surface area contributed by atoms with Crippen molar-refractivity contribution in [2.24, 2.45) is 0 Å². The lowest BCUT2D eigenvalue weighted by atomic mass is 10.3. The zero-order valence-corrected chi connectivity index (χ0v) is 5.88. The minimum Gasteiger partial charge on any atom is -0.396 e. The van der Waals surface area contributed by atoms with Gasteiger partial charge >= 0.3 is 0 Å². The van der Waals surface area contributed by atoms with E-state index in [1.807, 2.05) is 0 Å². The van der Waals surface area contributed by atoms with Gasteiger partial charge in [0.1, 0.15) is 0 Å². The molecule has 10 heavy (non-hydrogen) atoms. The summed E-state index contributed by atoms with van der Waals surface area (Å²) in [4.78, 5) is 0. The van der Waals surface area contributed by atoms with E-state index in [0.717, 1.165) is 5.57 Å². The van der Waals surface area contributed by atoms with Crippen LogP contribution in [0, 0.1) is 0 Å². The average molecular weight is 144 g/mol. The smallest absolute Gasteiger partial charge is 0.160 e. The third-order valence-electron chi connectivity index (χ3n) is 1.31. The van der Waals surface area contributed by atoms with Gasteiger partial charge < -0.3 is 14.6 Å². The minimum absolute atomic E-state index is 0.108. The Kier molecular flexibility index (Phi) is 2.86. The topological polar surface area (TPSA) is 38.7 Å². The maximum atomic E-state index is 8.50. The van der Waals surface area contributed by atoms with E-state index in [2.05, 4.69) is 6.58 Å². The average Bonchev–Trinajstić information content (AvgIpc) is 1.95. The van der Waals surface area contributed by atoms with Crippen LogP contribution in [0.1, 0.15) is 6.42 Å². The first-order valence-corrected chi connectivity index (χ1v) is 3.33. The molecule has 0 aromatic rings. The quantitative estimate of drug-likeness (QED) is 0.566. The van der Waals surface area contributed by atoms with Crippen LogP contribution in [0.15, 0.2) is 12.2 Å². The highest BCUT2D eigenvalue weighted by Crippen LogP contribution is 2.10. The fourth-order valence-corrected chi connectivity index (χ4v) is 0.783. The van der Waals surface area contributed by atoms with E-state index in [0.29, 0.717) is 19.6 Å². The molecule has 0 radical (unpaired) electrons. The predicted octanol–water partition coefficient (Wildman–Crippen LogP) is 0.298.